The fourth-order valence-electron chi connectivity index (χ4n) is 4.72. The van der Waals surface area contributed by atoms with Gasteiger partial charge in [0.1, 0.15) is 0 Å². The van der Waals surface area contributed by atoms with Gasteiger partial charge in [0.2, 0.25) is 0 Å². The maximum absolute atomic E-state index is 12.3. The Morgan fingerprint density at radius 2 is 1.96 bits per heavy atom. The highest BCUT2D eigenvalue weighted by Gasteiger charge is 2.63. The Morgan fingerprint density at radius 1 is 1.26 bits per heavy atom. The predicted molar refractivity (Wildman–Crippen MR) is 88.0 cm³/mol. The number of fused-ring (bicyclic) bond motifs is 5. The Bertz CT molecular complexity index is 791. The number of methoxy groups -OCH3 is 1. The van der Waals surface area contributed by atoms with Crippen LogP contribution in [-0.4, -0.2) is 22.9 Å². The van der Waals surface area contributed by atoms with Crippen molar-refractivity contribution in [1.82, 2.24) is 9.78 Å². The van der Waals surface area contributed by atoms with Crippen molar-refractivity contribution in [2.24, 2.45) is 5.41 Å². The van der Waals surface area contributed by atoms with Gasteiger partial charge in [0.25, 0.3) is 0 Å². The summed E-state index contributed by atoms with van der Waals surface area (Å²) in [5.74, 6) is 0.0388. The molecule has 0 N–H and O–H groups in total. The molecule has 2 atom stereocenters. The summed E-state index contributed by atoms with van der Waals surface area (Å²) in [6, 6.07) is 10.1. The number of aromatic nitrogens is 2. The van der Waals surface area contributed by atoms with Crippen LogP contribution in [0, 0.1) is 5.41 Å². The number of rotatable bonds is 2. The number of benzene rings is 1. The highest BCUT2D eigenvalue weighted by Crippen LogP contribution is 2.68. The predicted octanol–water partition coefficient (Wildman–Crippen LogP) is 3.83. The van der Waals surface area contributed by atoms with Crippen LogP contribution in [0.4, 0.5) is 0 Å². The van der Waals surface area contributed by atoms with Gasteiger partial charge < -0.3 is 4.74 Å². The zero-order valence-corrected chi connectivity index (χ0v) is 14.1. The standard InChI is InChI=1S/C19H22N2O2/c1-18(2)13-10-11-19(18,3)16-14(13)15(17(22)23-4)20-21(16)12-8-6-5-7-9-12/h5-9,13H,10-11H2,1-4H3/t13-,19+/m1/s1. The van der Waals surface area contributed by atoms with E-state index in [0.29, 0.717) is 11.6 Å². The van der Waals surface area contributed by atoms with E-state index in [9.17, 15) is 4.79 Å². The molecule has 2 aliphatic rings. The van der Waals surface area contributed by atoms with Gasteiger partial charge in [-0.1, -0.05) is 39.0 Å². The smallest absolute Gasteiger partial charge is 0.358 e. The molecule has 1 fully saturated rings. The Hall–Kier alpha value is -2.10. The van der Waals surface area contributed by atoms with Crippen molar-refractivity contribution in [1.29, 1.82) is 0 Å². The molecule has 23 heavy (non-hydrogen) atoms. The van der Waals surface area contributed by atoms with Crippen molar-refractivity contribution in [2.75, 3.05) is 7.11 Å². The van der Waals surface area contributed by atoms with E-state index in [1.54, 1.807) is 0 Å². The summed E-state index contributed by atoms with van der Waals surface area (Å²) in [5, 5.41) is 4.67. The lowest BCUT2D eigenvalue weighted by molar-refractivity contribution is 0.0591. The van der Waals surface area contributed by atoms with Gasteiger partial charge in [-0.25, -0.2) is 9.48 Å². The first-order chi connectivity index (χ1) is 10.9. The van der Waals surface area contributed by atoms with Crippen molar-refractivity contribution in [3.8, 4) is 5.69 Å². The molecule has 0 amide bonds. The number of carbonyl (C=O) groups is 1. The van der Waals surface area contributed by atoms with Crippen LogP contribution in [0.25, 0.3) is 5.69 Å². The number of para-hydroxylation sites is 1. The molecule has 0 radical (unpaired) electrons. The second kappa shape index (κ2) is 4.47. The Balaban J connectivity index is 2.03. The van der Waals surface area contributed by atoms with Crippen LogP contribution < -0.4 is 0 Å². The van der Waals surface area contributed by atoms with Gasteiger partial charge in [0, 0.05) is 11.0 Å². The van der Waals surface area contributed by atoms with Crippen LogP contribution in [0.2, 0.25) is 0 Å². The van der Waals surface area contributed by atoms with E-state index in [1.165, 1.54) is 12.8 Å². The molecule has 2 bridgehead atoms. The molecule has 4 heteroatoms. The molecule has 2 aliphatic carbocycles. The molecule has 1 heterocycles. The minimum atomic E-state index is -0.331. The maximum Gasteiger partial charge on any atom is 0.358 e. The average Bonchev–Trinajstić information content (AvgIpc) is 3.10. The molecule has 1 saturated carbocycles. The van der Waals surface area contributed by atoms with Crippen molar-refractivity contribution in [3.05, 3.63) is 47.3 Å². The van der Waals surface area contributed by atoms with E-state index in [1.807, 2.05) is 35.0 Å². The van der Waals surface area contributed by atoms with Gasteiger partial charge in [-0.05, 0) is 36.3 Å². The Morgan fingerprint density at radius 3 is 2.61 bits per heavy atom. The van der Waals surface area contributed by atoms with E-state index in [2.05, 4.69) is 25.9 Å². The number of nitrogens with zero attached hydrogens (tertiary/aromatic N) is 2. The summed E-state index contributed by atoms with van der Waals surface area (Å²) in [6.45, 7) is 6.96. The maximum atomic E-state index is 12.3. The zero-order valence-electron chi connectivity index (χ0n) is 14.1. The molecule has 0 aliphatic heterocycles. The SMILES string of the molecule is COC(=O)c1nn(-c2ccccc2)c2c1[C@H]1CC[C@]2(C)C1(C)C. The van der Waals surface area contributed by atoms with Crippen molar-refractivity contribution >= 4 is 5.97 Å². The molecule has 0 unspecified atom stereocenters. The summed E-state index contributed by atoms with van der Waals surface area (Å²) < 4.78 is 6.98. The molecule has 1 aromatic carbocycles. The summed E-state index contributed by atoms with van der Waals surface area (Å²) in [4.78, 5) is 12.3. The van der Waals surface area contributed by atoms with Crippen LogP contribution >= 0.6 is 0 Å². The molecule has 1 aromatic heterocycles. The lowest BCUT2D eigenvalue weighted by Crippen LogP contribution is -2.33. The molecular weight excluding hydrogens is 288 g/mol. The quantitative estimate of drug-likeness (QED) is 0.792. The van der Waals surface area contributed by atoms with E-state index >= 15 is 0 Å². The topological polar surface area (TPSA) is 44.1 Å². The molecule has 2 aromatic rings. The fourth-order valence-corrected chi connectivity index (χ4v) is 4.72. The zero-order chi connectivity index (χ0) is 16.4. The number of hydrogen-bond donors (Lipinski definition) is 0. The van der Waals surface area contributed by atoms with Crippen LogP contribution in [0.5, 0.6) is 0 Å². The minimum Gasteiger partial charge on any atom is -0.464 e. The number of ether oxygens (including phenoxy) is 1. The normalized spacial score (nSPS) is 27.0. The van der Waals surface area contributed by atoms with Gasteiger partial charge in [0.15, 0.2) is 5.69 Å². The van der Waals surface area contributed by atoms with Crippen LogP contribution in [0.1, 0.15) is 61.3 Å². The van der Waals surface area contributed by atoms with Crippen LogP contribution in [0.15, 0.2) is 30.3 Å². The summed E-state index contributed by atoms with van der Waals surface area (Å²) >= 11 is 0. The van der Waals surface area contributed by atoms with Crippen molar-refractivity contribution < 1.29 is 9.53 Å². The second-order valence-corrected chi connectivity index (χ2v) is 7.49. The van der Waals surface area contributed by atoms with Crippen molar-refractivity contribution in [2.45, 2.75) is 44.9 Å². The first-order valence-corrected chi connectivity index (χ1v) is 8.19. The summed E-state index contributed by atoms with van der Waals surface area (Å²) in [7, 11) is 1.43. The Kier molecular flexibility index (Phi) is 2.81. The molecular formula is C19H22N2O2. The van der Waals surface area contributed by atoms with E-state index in [0.717, 1.165) is 24.1 Å². The Labute approximate surface area is 136 Å². The average molecular weight is 310 g/mol. The fraction of sp³-hybridized carbons (Fsp3) is 0.474. The molecule has 4 rings (SSSR count). The summed E-state index contributed by atoms with van der Waals surface area (Å²) in [6.07, 6.45) is 2.25. The van der Waals surface area contributed by atoms with Gasteiger partial charge >= 0.3 is 5.97 Å². The first-order valence-electron chi connectivity index (χ1n) is 8.19. The third-order valence-electron chi connectivity index (χ3n) is 6.40. The number of esters is 1. The van der Waals surface area contributed by atoms with Crippen LogP contribution in [0.3, 0.4) is 0 Å². The minimum absolute atomic E-state index is 0.0299. The van der Waals surface area contributed by atoms with E-state index in [-0.39, 0.29) is 16.8 Å². The number of hydrogen-bond acceptors (Lipinski definition) is 3. The van der Waals surface area contributed by atoms with Crippen LogP contribution in [-0.2, 0) is 10.2 Å². The van der Waals surface area contributed by atoms with E-state index < -0.39 is 0 Å². The molecule has 0 saturated heterocycles. The summed E-state index contributed by atoms with van der Waals surface area (Å²) in [5.41, 5.74) is 3.96. The monoisotopic (exact) mass is 310 g/mol. The highest BCUT2D eigenvalue weighted by molar-refractivity contribution is 5.90. The first kappa shape index (κ1) is 14.5. The lowest BCUT2D eigenvalue weighted by atomic mass is 9.70. The van der Waals surface area contributed by atoms with Gasteiger partial charge in [-0.3, -0.25) is 0 Å². The van der Waals surface area contributed by atoms with Gasteiger partial charge in [-0.15, -0.1) is 0 Å². The van der Waals surface area contributed by atoms with Crippen molar-refractivity contribution in [3.63, 3.8) is 0 Å². The molecule has 4 nitrogen and oxygen atoms in total. The molecule has 120 valence electrons. The van der Waals surface area contributed by atoms with Gasteiger partial charge in [-0.2, -0.15) is 5.10 Å². The number of carbonyl (C=O) groups excluding carboxylic acids is 1. The second-order valence-electron chi connectivity index (χ2n) is 7.49. The van der Waals surface area contributed by atoms with Gasteiger partial charge in [0.05, 0.1) is 18.5 Å². The van der Waals surface area contributed by atoms with E-state index in [4.69, 9.17) is 4.74 Å². The third-order valence-corrected chi connectivity index (χ3v) is 6.40. The third kappa shape index (κ3) is 1.61. The lowest BCUT2D eigenvalue weighted by Gasteiger charge is -2.35. The molecule has 0 spiro atoms. The highest BCUT2D eigenvalue weighted by atomic mass is 16.5. The largest absolute Gasteiger partial charge is 0.464 e.